The van der Waals surface area contributed by atoms with Crippen molar-refractivity contribution in [2.45, 2.75) is 89.3 Å². The molecule has 0 bridgehead atoms. The first-order valence-electron chi connectivity index (χ1n) is 11.4. The highest BCUT2D eigenvalue weighted by atomic mass is 28.3. The van der Waals surface area contributed by atoms with Crippen molar-refractivity contribution >= 4 is 8.80 Å². The van der Waals surface area contributed by atoms with Crippen molar-refractivity contribution in [3.8, 4) is 11.5 Å². The van der Waals surface area contributed by atoms with Crippen LogP contribution in [0, 0.1) is 17.0 Å². The van der Waals surface area contributed by atoms with Gasteiger partial charge in [-0.15, -0.1) is 0 Å². The van der Waals surface area contributed by atoms with E-state index in [-0.39, 0.29) is 16.9 Å². The summed E-state index contributed by atoms with van der Waals surface area (Å²) < 4.78 is 39.5. The van der Waals surface area contributed by atoms with Crippen molar-refractivity contribution in [2.24, 2.45) is 5.41 Å². The summed E-state index contributed by atoms with van der Waals surface area (Å²) in [4.78, 5) is 0. The predicted octanol–water partition coefficient (Wildman–Crippen LogP) is 6.88. The fourth-order valence-corrected chi connectivity index (χ4v) is 8.51. The lowest BCUT2D eigenvalue weighted by Gasteiger charge is -2.37. The lowest BCUT2D eigenvalue weighted by Crippen LogP contribution is -2.32. The van der Waals surface area contributed by atoms with E-state index in [9.17, 15) is 8.78 Å². The lowest BCUT2D eigenvalue weighted by atomic mass is 9.72. The minimum Gasteiger partial charge on any atom is -0.491 e. The molecule has 0 unspecified atom stereocenters. The highest BCUT2D eigenvalue weighted by molar-refractivity contribution is 6.58. The van der Waals surface area contributed by atoms with Crippen molar-refractivity contribution in [1.82, 2.24) is 0 Å². The highest BCUT2D eigenvalue weighted by Gasteiger charge is 2.33. The molecule has 1 aromatic carbocycles. The van der Waals surface area contributed by atoms with Gasteiger partial charge in [0.15, 0.2) is 11.5 Å². The van der Waals surface area contributed by atoms with E-state index in [0.717, 1.165) is 12.8 Å². The van der Waals surface area contributed by atoms with Gasteiger partial charge in [0.25, 0.3) is 0 Å². The Morgan fingerprint density at radius 2 is 1.50 bits per heavy atom. The molecule has 28 heavy (non-hydrogen) atoms. The fraction of sp³-hybridized carbons (Fsp3) is 0.739. The molecule has 1 aliphatic carbocycles. The summed E-state index contributed by atoms with van der Waals surface area (Å²) in [6.07, 6.45) is 12.9. The zero-order chi connectivity index (χ0) is 19.8. The predicted molar refractivity (Wildman–Crippen MR) is 113 cm³/mol. The second-order valence-electron chi connectivity index (χ2n) is 8.87. The Hall–Kier alpha value is -1.10. The van der Waals surface area contributed by atoms with Crippen LogP contribution in [0.15, 0.2) is 12.1 Å². The molecule has 1 aromatic rings. The summed E-state index contributed by atoms with van der Waals surface area (Å²) >= 11 is 0. The molecule has 0 spiro atoms. The smallest absolute Gasteiger partial charge is 0.204 e. The molecule has 0 atom stereocenters. The molecular weight excluding hydrogens is 374 g/mol. The number of hydrogen-bond acceptors (Lipinski definition) is 2. The molecule has 1 saturated heterocycles. The van der Waals surface area contributed by atoms with E-state index in [1.54, 1.807) is 6.92 Å². The summed E-state index contributed by atoms with van der Waals surface area (Å²) in [6, 6.07) is 7.49. The van der Waals surface area contributed by atoms with Gasteiger partial charge in [0.05, 0.1) is 13.2 Å². The molecule has 0 aromatic heterocycles. The molecule has 1 heterocycles. The van der Waals surface area contributed by atoms with Gasteiger partial charge in [-0.3, -0.25) is 0 Å². The van der Waals surface area contributed by atoms with Crippen molar-refractivity contribution in [3.63, 3.8) is 0 Å². The van der Waals surface area contributed by atoms with Crippen LogP contribution in [-0.4, -0.2) is 22.0 Å². The first-order chi connectivity index (χ1) is 13.6. The van der Waals surface area contributed by atoms with E-state index < -0.39 is 20.4 Å². The number of halogens is 2. The van der Waals surface area contributed by atoms with Crippen molar-refractivity contribution in [2.75, 3.05) is 13.2 Å². The summed E-state index contributed by atoms with van der Waals surface area (Å²) in [5, 5.41) is 0. The Kier molecular flexibility index (Phi) is 8.19. The molecule has 2 fully saturated rings. The molecular formula is C23H36F2O2Si. The van der Waals surface area contributed by atoms with Gasteiger partial charge in [-0.2, -0.15) is 8.78 Å². The molecule has 1 saturated carbocycles. The van der Waals surface area contributed by atoms with E-state index in [0.29, 0.717) is 13.2 Å². The summed E-state index contributed by atoms with van der Waals surface area (Å²) in [7, 11) is -0.500. The zero-order valence-electron chi connectivity index (χ0n) is 17.4. The van der Waals surface area contributed by atoms with Gasteiger partial charge in [-0.05, 0) is 38.3 Å². The number of rotatable bonds is 9. The minimum atomic E-state index is -0.944. The Balaban J connectivity index is 1.58. The topological polar surface area (TPSA) is 18.5 Å². The third-order valence-electron chi connectivity index (χ3n) is 6.80. The molecule has 2 aliphatic rings. The second-order valence-corrected chi connectivity index (χ2v) is 12.3. The van der Waals surface area contributed by atoms with Gasteiger partial charge in [-0.1, -0.05) is 63.1 Å². The first-order valence-corrected chi connectivity index (χ1v) is 13.8. The van der Waals surface area contributed by atoms with Gasteiger partial charge in [0.1, 0.15) is 0 Å². The maximum Gasteiger partial charge on any atom is 0.204 e. The number of ether oxygens (including phenoxy) is 2. The van der Waals surface area contributed by atoms with E-state index in [1.807, 2.05) is 0 Å². The highest BCUT2D eigenvalue weighted by Crippen LogP contribution is 2.42. The van der Waals surface area contributed by atoms with Crippen LogP contribution in [0.25, 0.3) is 0 Å². The van der Waals surface area contributed by atoms with Crippen molar-refractivity contribution in [1.29, 1.82) is 0 Å². The molecule has 5 heteroatoms. The van der Waals surface area contributed by atoms with Crippen molar-refractivity contribution in [3.05, 3.63) is 23.8 Å². The van der Waals surface area contributed by atoms with Gasteiger partial charge >= 0.3 is 0 Å². The zero-order valence-corrected chi connectivity index (χ0v) is 18.6. The Labute approximate surface area is 170 Å². The molecule has 158 valence electrons. The molecule has 1 aliphatic heterocycles. The third kappa shape index (κ3) is 5.71. The number of hydrogen-bond donors (Lipinski definition) is 0. The van der Waals surface area contributed by atoms with Crippen LogP contribution in [0.2, 0.25) is 18.1 Å². The molecule has 2 nitrogen and oxygen atoms in total. The summed E-state index contributed by atoms with van der Waals surface area (Å²) in [5.41, 5.74) is 0.142. The maximum atomic E-state index is 14.4. The Morgan fingerprint density at radius 1 is 0.893 bits per heavy atom. The third-order valence-corrected chi connectivity index (χ3v) is 10.5. The van der Waals surface area contributed by atoms with Gasteiger partial charge in [-0.25, -0.2) is 0 Å². The van der Waals surface area contributed by atoms with Crippen LogP contribution in [0.5, 0.6) is 11.5 Å². The fourth-order valence-electron chi connectivity index (χ4n) is 5.13. The van der Waals surface area contributed by atoms with E-state index in [2.05, 4.69) is 0 Å². The van der Waals surface area contributed by atoms with E-state index in [4.69, 9.17) is 9.47 Å². The van der Waals surface area contributed by atoms with E-state index in [1.165, 1.54) is 81.6 Å². The van der Waals surface area contributed by atoms with Crippen LogP contribution >= 0.6 is 0 Å². The summed E-state index contributed by atoms with van der Waals surface area (Å²) in [5.74, 6) is -1.89. The quantitative estimate of drug-likeness (QED) is 0.413. The maximum absolute atomic E-state index is 14.4. The van der Waals surface area contributed by atoms with Crippen LogP contribution in [-0.2, 0) is 0 Å². The van der Waals surface area contributed by atoms with Gasteiger partial charge in [0, 0.05) is 14.2 Å². The first kappa shape index (κ1) is 21.6. The molecule has 3 rings (SSSR count). The van der Waals surface area contributed by atoms with Gasteiger partial charge in [0.2, 0.25) is 11.6 Å². The standard InChI is InChI=1S/C23H36F2O2Si/c1-2-26-19-10-11-20(22(25)21(19)24)27-18-23(12-5-3-6-13-23)14-9-17-28-15-7-4-8-16-28/h10-11,28H,2-9,12-18H2,1H3. The Morgan fingerprint density at radius 3 is 2.14 bits per heavy atom. The largest absolute Gasteiger partial charge is 0.491 e. The molecule has 0 N–H and O–H groups in total. The Bertz CT molecular complexity index is 611. The number of benzene rings is 1. The average molecular weight is 411 g/mol. The average Bonchev–Trinajstić information content (AvgIpc) is 2.73. The molecule has 0 radical (unpaired) electrons. The second kappa shape index (κ2) is 10.6. The summed E-state index contributed by atoms with van der Waals surface area (Å²) in [6.45, 7) is 2.57. The van der Waals surface area contributed by atoms with Crippen LogP contribution in [0.4, 0.5) is 8.78 Å². The van der Waals surface area contributed by atoms with Crippen LogP contribution in [0.3, 0.4) is 0 Å². The molecule has 0 amide bonds. The van der Waals surface area contributed by atoms with Gasteiger partial charge < -0.3 is 9.47 Å². The van der Waals surface area contributed by atoms with E-state index >= 15 is 0 Å². The monoisotopic (exact) mass is 410 g/mol. The van der Waals surface area contributed by atoms with Crippen LogP contribution < -0.4 is 9.47 Å². The van der Waals surface area contributed by atoms with Crippen LogP contribution in [0.1, 0.15) is 71.1 Å². The lowest BCUT2D eigenvalue weighted by molar-refractivity contribution is 0.0834. The van der Waals surface area contributed by atoms with Crippen molar-refractivity contribution < 1.29 is 18.3 Å². The minimum absolute atomic E-state index is 0.0209. The SMILES string of the molecule is CCOc1ccc(OCC2(CCC[SiH]3CCCCC3)CCCCC2)c(F)c1F. The normalized spacial score (nSPS) is 20.1.